The molecule has 1 unspecified atom stereocenters. The van der Waals surface area contributed by atoms with E-state index >= 15 is 0 Å². The van der Waals surface area contributed by atoms with E-state index in [9.17, 15) is 0 Å². The summed E-state index contributed by atoms with van der Waals surface area (Å²) in [6, 6.07) is 10.5. The molecule has 4 heteroatoms. The van der Waals surface area contributed by atoms with E-state index in [4.69, 9.17) is 9.47 Å². The van der Waals surface area contributed by atoms with Crippen molar-refractivity contribution in [3.05, 3.63) is 46.2 Å². The summed E-state index contributed by atoms with van der Waals surface area (Å²) in [5.74, 6) is 1.66. The number of rotatable bonds is 3. The van der Waals surface area contributed by atoms with Crippen LogP contribution in [0.25, 0.3) is 0 Å². The summed E-state index contributed by atoms with van der Waals surface area (Å²) in [5.41, 5.74) is 1.19. The van der Waals surface area contributed by atoms with E-state index in [1.54, 1.807) is 11.3 Å². The minimum Gasteiger partial charge on any atom is -0.454 e. The molecule has 1 aromatic carbocycles. The van der Waals surface area contributed by atoms with Crippen LogP contribution in [-0.4, -0.2) is 13.8 Å². The lowest BCUT2D eigenvalue weighted by molar-refractivity contribution is 0.174. The Morgan fingerprint density at radius 2 is 2.12 bits per heavy atom. The van der Waals surface area contributed by atoms with Crippen LogP contribution in [0.4, 0.5) is 0 Å². The van der Waals surface area contributed by atoms with Gasteiger partial charge in [-0.25, -0.2) is 0 Å². The Hall–Kier alpha value is -1.52. The predicted molar refractivity (Wildman–Crippen MR) is 67.8 cm³/mol. The van der Waals surface area contributed by atoms with E-state index in [1.807, 2.05) is 19.2 Å². The molecule has 2 heterocycles. The smallest absolute Gasteiger partial charge is 0.231 e. The fourth-order valence-corrected chi connectivity index (χ4v) is 2.88. The van der Waals surface area contributed by atoms with Crippen LogP contribution >= 0.6 is 11.3 Å². The molecule has 0 aliphatic carbocycles. The van der Waals surface area contributed by atoms with E-state index in [-0.39, 0.29) is 6.04 Å². The first kappa shape index (κ1) is 10.6. The van der Waals surface area contributed by atoms with Crippen LogP contribution in [0.2, 0.25) is 0 Å². The maximum Gasteiger partial charge on any atom is 0.231 e. The zero-order chi connectivity index (χ0) is 11.7. The van der Waals surface area contributed by atoms with Crippen molar-refractivity contribution in [2.45, 2.75) is 6.04 Å². The van der Waals surface area contributed by atoms with Gasteiger partial charge in [0, 0.05) is 4.88 Å². The predicted octanol–water partition coefficient (Wildman–Crippen LogP) is 2.79. The Morgan fingerprint density at radius 1 is 1.24 bits per heavy atom. The Labute approximate surface area is 104 Å². The van der Waals surface area contributed by atoms with Crippen molar-refractivity contribution in [3.8, 4) is 11.5 Å². The first-order valence-electron chi connectivity index (χ1n) is 5.48. The molecule has 0 saturated heterocycles. The van der Waals surface area contributed by atoms with Gasteiger partial charge in [0.05, 0.1) is 6.04 Å². The third kappa shape index (κ3) is 1.90. The molecule has 0 radical (unpaired) electrons. The summed E-state index contributed by atoms with van der Waals surface area (Å²) in [6.45, 7) is 0.321. The molecule has 0 bridgehead atoms. The third-order valence-corrected chi connectivity index (χ3v) is 3.78. The maximum atomic E-state index is 5.40. The summed E-state index contributed by atoms with van der Waals surface area (Å²) in [7, 11) is 1.97. The SMILES string of the molecule is CNC(c1ccc2c(c1)OCO2)c1cccs1. The quantitative estimate of drug-likeness (QED) is 0.904. The highest BCUT2D eigenvalue weighted by molar-refractivity contribution is 7.10. The molecule has 1 aliphatic heterocycles. The molecule has 2 aromatic rings. The van der Waals surface area contributed by atoms with Crippen LogP contribution in [0.1, 0.15) is 16.5 Å². The number of benzene rings is 1. The monoisotopic (exact) mass is 247 g/mol. The lowest BCUT2D eigenvalue weighted by Gasteiger charge is -2.15. The zero-order valence-electron chi connectivity index (χ0n) is 9.47. The van der Waals surface area contributed by atoms with Crippen molar-refractivity contribution < 1.29 is 9.47 Å². The van der Waals surface area contributed by atoms with Crippen LogP contribution in [-0.2, 0) is 0 Å². The highest BCUT2D eigenvalue weighted by Gasteiger charge is 2.18. The number of thiophene rings is 1. The number of nitrogens with one attached hydrogen (secondary N) is 1. The average Bonchev–Trinajstić information content (AvgIpc) is 2.99. The van der Waals surface area contributed by atoms with Crippen molar-refractivity contribution in [2.24, 2.45) is 0 Å². The largest absolute Gasteiger partial charge is 0.454 e. The van der Waals surface area contributed by atoms with Gasteiger partial charge in [0.15, 0.2) is 11.5 Å². The molecule has 1 atom stereocenters. The summed E-state index contributed by atoms with van der Waals surface area (Å²) in [5, 5.41) is 5.42. The molecule has 0 saturated carbocycles. The highest BCUT2D eigenvalue weighted by atomic mass is 32.1. The van der Waals surface area contributed by atoms with Gasteiger partial charge in [-0.2, -0.15) is 0 Å². The lowest BCUT2D eigenvalue weighted by Crippen LogP contribution is -2.16. The topological polar surface area (TPSA) is 30.5 Å². The van der Waals surface area contributed by atoms with Crippen molar-refractivity contribution in [2.75, 3.05) is 13.8 Å². The van der Waals surface area contributed by atoms with Crippen LogP contribution in [0.15, 0.2) is 35.7 Å². The first-order chi connectivity index (χ1) is 8.38. The van der Waals surface area contributed by atoms with Crippen molar-refractivity contribution in [3.63, 3.8) is 0 Å². The van der Waals surface area contributed by atoms with Gasteiger partial charge in [0.2, 0.25) is 6.79 Å². The van der Waals surface area contributed by atoms with Gasteiger partial charge >= 0.3 is 0 Å². The van der Waals surface area contributed by atoms with E-state index < -0.39 is 0 Å². The van der Waals surface area contributed by atoms with Gasteiger partial charge in [-0.15, -0.1) is 11.3 Å². The maximum absolute atomic E-state index is 5.40. The molecule has 1 N–H and O–H groups in total. The number of hydrogen-bond acceptors (Lipinski definition) is 4. The van der Waals surface area contributed by atoms with Gasteiger partial charge in [-0.05, 0) is 36.2 Å². The van der Waals surface area contributed by atoms with Gasteiger partial charge in [-0.3, -0.25) is 0 Å². The fraction of sp³-hybridized carbons (Fsp3) is 0.231. The van der Waals surface area contributed by atoms with Crippen molar-refractivity contribution in [1.29, 1.82) is 0 Å². The molecule has 0 amide bonds. The molecule has 1 aliphatic rings. The van der Waals surface area contributed by atoms with E-state index in [2.05, 4.69) is 28.9 Å². The molecule has 3 rings (SSSR count). The molecular formula is C13H13NO2S. The molecule has 3 nitrogen and oxygen atoms in total. The van der Waals surface area contributed by atoms with Crippen LogP contribution in [0.3, 0.4) is 0 Å². The highest BCUT2D eigenvalue weighted by Crippen LogP contribution is 2.36. The second kappa shape index (κ2) is 4.39. The van der Waals surface area contributed by atoms with Crippen molar-refractivity contribution in [1.82, 2.24) is 5.32 Å². The summed E-state index contributed by atoms with van der Waals surface area (Å²) in [6.07, 6.45) is 0. The van der Waals surface area contributed by atoms with Crippen LogP contribution < -0.4 is 14.8 Å². The Bertz CT molecular complexity index is 510. The number of fused-ring (bicyclic) bond motifs is 1. The summed E-state index contributed by atoms with van der Waals surface area (Å²) >= 11 is 1.75. The lowest BCUT2D eigenvalue weighted by atomic mass is 10.0. The number of hydrogen-bond donors (Lipinski definition) is 1. The van der Waals surface area contributed by atoms with E-state index in [0.717, 1.165) is 11.5 Å². The summed E-state index contributed by atoms with van der Waals surface area (Å²) in [4.78, 5) is 1.30. The van der Waals surface area contributed by atoms with Gasteiger partial charge in [0.1, 0.15) is 0 Å². The standard InChI is InChI=1S/C13H13NO2S/c1-14-13(12-3-2-6-17-12)9-4-5-10-11(7-9)16-8-15-10/h2-7,13-14H,8H2,1H3. The third-order valence-electron chi connectivity index (χ3n) is 2.85. The zero-order valence-corrected chi connectivity index (χ0v) is 10.3. The van der Waals surface area contributed by atoms with Crippen LogP contribution in [0.5, 0.6) is 11.5 Å². The normalized spacial score (nSPS) is 14.9. The minimum atomic E-state index is 0.212. The number of ether oxygens (including phenoxy) is 2. The van der Waals surface area contributed by atoms with Crippen molar-refractivity contribution >= 4 is 11.3 Å². The molecule has 0 fully saturated rings. The second-order valence-electron chi connectivity index (χ2n) is 3.85. The minimum absolute atomic E-state index is 0.212. The Balaban J connectivity index is 1.97. The van der Waals surface area contributed by atoms with Crippen LogP contribution in [0, 0.1) is 0 Å². The summed E-state index contributed by atoms with van der Waals surface area (Å²) < 4.78 is 10.7. The Kier molecular flexibility index (Phi) is 2.74. The van der Waals surface area contributed by atoms with Gasteiger partial charge in [0.25, 0.3) is 0 Å². The molecule has 1 aromatic heterocycles. The molecular weight excluding hydrogens is 234 g/mol. The van der Waals surface area contributed by atoms with Gasteiger partial charge in [-0.1, -0.05) is 12.1 Å². The Morgan fingerprint density at radius 3 is 2.88 bits per heavy atom. The fourth-order valence-electron chi connectivity index (χ4n) is 2.02. The van der Waals surface area contributed by atoms with E-state index in [1.165, 1.54) is 10.4 Å². The second-order valence-corrected chi connectivity index (χ2v) is 4.83. The van der Waals surface area contributed by atoms with E-state index in [0.29, 0.717) is 6.79 Å². The molecule has 17 heavy (non-hydrogen) atoms. The molecule has 0 spiro atoms. The average molecular weight is 247 g/mol. The first-order valence-corrected chi connectivity index (χ1v) is 6.36. The molecule has 88 valence electrons. The van der Waals surface area contributed by atoms with Gasteiger partial charge < -0.3 is 14.8 Å².